The van der Waals surface area contributed by atoms with Crippen LogP contribution in [-0.4, -0.2) is 113 Å². The van der Waals surface area contributed by atoms with Gasteiger partial charge in [-0.2, -0.15) is 0 Å². The second-order valence-corrected chi connectivity index (χ2v) is 17.8. The van der Waals surface area contributed by atoms with Crippen molar-refractivity contribution in [2.45, 2.75) is 81.6 Å². The molecule has 59 heavy (non-hydrogen) atoms. The number of aliphatic carboxylic acids is 2. The molecular weight excluding hydrogens is 832 g/mol. The van der Waals surface area contributed by atoms with Gasteiger partial charge in [0.05, 0.1) is 15.9 Å². The standard InChI is InChI=1S/C37H43ClN8O11S2/c1-16-17(12-40-10-9-37(7-5-4-6-8-37)15-42-29(50)18-13-41-19-11-21(47)28(49)23(38)22(19)27(18)48)26(33(53)54)46-31(52)25(32(46)59-16)44-30(51)24(20-14-58-35(39)43-20)45-57-36(2,3)34(55)56/h11,13-14,16,25,32,40,47,49H,4-10,12,15H2,1-3H3,(H2,39,43)(H,41,48)(H,42,50)(H,44,51)(H,53,54)(H,55,56)/b45-24-/t16-,25+,32+/m0/s1. The van der Waals surface area contributed by atoms with Crippen molar-refractivity contribution in [3.05, 3.63) is 55.4 Å². The van der Waals surface area contributed by atoms with Crippen LogP contribution in [0.4, 0.5) is 5.13 Å². The summed E-state index contributed by atoms with van der Waals surface area (Å²) >= 11 is 8.43. The number of carboxylic acids is 2. The van der Waals surface area contributed by atoms with Crippen LogP contribution in [0, 0.1) is 5.41 Å². The number of hydrogen-bond acceptors (Lipinski definition) is 15. The number of phenolic OH excluding ortho intramolecular Hbond substituents is 2. The van der Waals surface area contributed by atoms with Gasteiger partial charge in [-0.15, -0.1) is 23.1 Å². The van der Waals surface area contributed by atoms with E-state index in [1.54, 1.807) is 6.92 Å². The number of thiazole rings is 1. The number of thioether (sulfide) groups is 1. The minimum atomic E-state index is -1.81. The molecule has 1 aliphatic carbocycles. The van der Waals surface area contributed by atoms with E-state index in [0.29, 0.717) is 18.5 Å². The Kier molecular flexibility index (Phi) is 12.5. The van der Waals surface area contributed by atoms with Crippen LogP contribution in [0.1, 0.15) is 75.3 Å². The quantitative estimate of drug-likeness (QED) is 0.0349. The second kappa shape index (κ2) is 17.1. The monoisotopic (exact) mass is 874 g/mol. The highest BCUT2D eigenvalue weighted by Crippen LogP contribution is 2.44. The molecule has 2 aliphatic heterocycles. The number of benzene rings is 1. The number of anilines is 1. The molecule has 3 aliphatic rings. The molecule has 4 heterocycles. The number of oxime groups is 1. The van der Waals surface area contributed by atoms with Gasteiger partial charge in [-0.25, -0.2) is 14.6 Å². The molecule has 19 nitrogen and oxygen atoms in total. The van der Waals surface area contributed by atoms with Crippen molar-refractivity contribution in [3.8, 4) is 11.5 Å². The third-order valence-corrected chi connectivity index (χ3v) is 13.3. The lowest BCUT2D eigenvalue weighted by molar-refractivity contribution is -0.161. The summed E-state index contributed by atoms with van der Waals surface area (Å²) < 4.78 is 0. The number of nitrogens with two attached hydrogens (primary N) is 1. The van der Waals surface area contributed by atoms with Gasteiger partial charge in [-0.05, 0) is 57.6 Å². The number of H-pyrrole nitrogens is 1. The average molecular weight is 875 g/mol. The van der Waals surface area contributed by atoms with E-state index in [1.165, 1.54) is 37.2 Å². The number of carboxylic acid groups (broad SMARTS) is 2. The number of nitrogens with zero attached hydrogens (tertiary/aromatic N) is 3. The van der Waals surface area contributed by atoms with E-state index in [-0.39, 0.29) is 56.5 Å². The fourth-order valence-corrected chi connectivity index (χ4v) is 9.61. The van der Waals surface area contributed by atoms with Crippen molar-refractivity contribution in [1.82, 2.24) is 30.8 Å². The zero-order valence-corrected chi connectivity index (χ0v) is 34.5. The van der Waals surface area contributed by atoms with Gasteiger partial charge in [0.25, 0.3) is 17.7 Å². The molecule has 6 rings (SSSR count). The molecule has 0 unspecified atom stereocenters. The lowest BCUT2D eigenvalue weighted by Crippen LogP contribution is -2.71. The fraction of sp³-hybridized carbons (Fsp3) is 0.459. The van der Waals surface area contributed by atoms with Gasteiger partial charge in [-0.1, -0.05) is 36.0 Å². The molecule has 3 aromatic rings. The minimum Gasteiger partial charge on any atom is -0.504 e. The van der Waals surface area contributed by atoms with Gasteiger partial charge in [0.1, 0.15) is 28.4 Å². The number of nitrogen functional groups attached to an aromatic ring is 1. The highest BCUT2D eigenvalue weighted by Gasteiger charge is 2.56. The SMILES string of the molecule is C[C@@H]1S[C@@H]2[C@H](NC(=O)/C(=N\OC(C)(C)C(=O)O)c3csc(N)n3)C(=O)N2C(C(=O)O)=C1CNCCC1(CNC(=O)c2c[nH]c3cc(O)c(O)c(Cl)c3c2=O)CCCCC1. The normalized spacial score (nSPS) is 20.5. The number of rotatable bonds is 15. The Morgan fingerprint density at radius 3 is 2.53 bits per heavy atom. The van der Waals surface area contributed by atoms with Crippen molar-refractivity contribution < 1.29 is 49.2 Å². The summed E-state index contributed by atoms with van der Waals surface area (Å²) in [6.45, 7) is 5.11. The second-order valence-electron chi connectivity index (χ2n) is 15.1. The van der Waals surface area contributed by atoms with Crippen LogP contribution >= 0.6 is 34.7 Å². The molecular formula is C37H43ClN8O11S2. The third-order valence-electron chi connectivity index (χ3n) is 10.8. The molecule has 1 saturated heterocycles. The van der Waals surface area contributed by atoms with Crippen molar-refractivity contribution >= 4 is 86.1 Å². The Labute approximate surface area is 349 Å². The number of halogens is 1. The summed E-state index contributed by atoms with van der Waals surface area (Å²) in [6, 6.07) is -0.000331. The lowest BCUT2D eigenvalue weighted by atomic mass is 9.71. The van der Waals surface area contributed by atoms with Crippen molar-refractivity contribution in [1.29, 1.82) is 0 Å². The first kappa shape index (κ1) is 43.2. The maximum atomic E-state index is 13.5. The van der Waals surface area contributed by atoms with Gasteiger partial charge in [0.15, 0.2) is 22.3 Å². The summed E-state index contributed by atoms with van der Waals surface area (Å²) in [5.74, 6) is -6.04. The van der Waals surface area contributed by atoms with Crippen LogP contribution in [0.3, 0.4) is 0 Å². The average Bonchev–Trinajstić information content (AvgIpc) is 3.62. The van der Waals surface area contributed by atoms with Gasteiger partial charge in [-0.3, -0.25) is 24.1 Å². The fourth-order valence-electron chi connectivity index (χ4n) is 7.33. The Bertz CT molecular complexity index is 2340. The van der Waals surface area contributed by atoms with Crippen molar-refractivity contribution in [3.63, 3.8) is 0 Å². The number of aromatic amines is 1. The predicted octanol–water partition coefficient (Wildman–Crippen LogP) is 2.70. The van der Waals surface area contributed by atoms with Crippen LogP contribution in [0.5, 0.6) is 11.5 Å². The molecule has 316 valence electrons. The number of carbonyl (C=O) groups excluding carboxylic acids is 3. The maximum Gasteiger partial charge on any atom is 0.352 e. The molecule has 1 saturated carbocycles. The summed E-state index contributed by atoms with van der Waals surface area (Å²) in [5, 5.41) is 52.1. The van der Waals surface area contributed by atoms with Crippen LogP contribution in [-0.2, 0) is 24.0 Å². The Morgan fingerprint density at radius 2 is 1.88 bits per heavy atom. The molecule has 3 amide bonds. The Balaban J connectivity index is 1.11. The summed E-state index contributed by atoms with van der Waals surface area (Å²) in [4.78, 5) is 90.9. The third kappa shape index (κ3) is 8.68. The predicted molar refractivity (Wildman–Crippen MR) is 218 cm³/mol. The number of aromatic hydroxyl groups is 2. The Morgan fingerprint density at radius 1 is 1.17 bits per heavy atom. The van der Waals surface area contributed by atoms with E-state index in [2.05, 4.69) is 31.1 Å². The van der Waals surface area contributed by atoms with Gasteiger partial charge >= 0.3 is 11.9 Å². The Hall–Kier alpha value is -5.38. The molecule has 2 aromatic heterocycles. The first-order valence-corrected chi connectivity index (χ1v) is 20.8. The minimum absolute atomic E-state index is 0.00802. The van der Waals surface area contributed by atoms with E-state index < -0.39 is 74.6 Å². The molecule has 0 spiro atoms. The van der Waals surface area contributed by atoms with E-state index in [9.17, 15) is 49.2 Å². The number of β-lactam (4-membered cyclic amide) rings is 1. The van der Waals surface area contributed by atoms with E-state index in [0.717, 1.165) is 54.4 Å². The molecule has 10 N–H and O–H groups in total. The van der Waals surface area contributed by atoms with Crippen LogP contribution in [0.25, 0.3) is 10.9 Å². The van der Waals surface area contributed by atoms with Crippen LogP contribution in [0.15, 0.2) is 38.9 Å². The van der Waals surface area contributed by atoms with E-state index >= 15 is 0 Å². The number of fused-ring (bicyclic) bond motifs is 2. The van der Waals surface area contributed by atoms with Gasteiger partial charge in [0.2, 0.25) is 11.0 Å². The van der Waals surface area contributed by atoms with Gasteiger partial charge < -0.3 is 51.9 Å². The van der Waals surface area contributed by atoms with Crippen LogP contribution in [0.2, 0.25) is 5.02 Å². The van der Waals surface area contributed by atoms with E-state index in [4.69, 9.17) is 22.2 Å². The smallest absolute Gasteiger partial charge is 0.352 e. The molecule has 22 heteroatoms. The summed E-state index contributed by atoms with van der Waals surface area (Å²) in [7, 11) is 0. The number of phenols is 2. The maximum absolute atomic E-state index is 13.5. The largest absolute Gasteiger partial charge is 0.504 e. The molecule has 2 fully saturated rings. The van der Waals surface area contributed by atoms with E-state index in [1.807, 2.05) is 0 Å². The first-order chi connectivity index (χ1) is 27.9. The van der Waals surface area contributed by atoms with Crippen molar-refractivity contribution in [2.75, 3.05) is 25.4 Å². The first-order valence-electron chi connectivity index (χ1n) is 18.6. The highest BCUT2D eigenvalue weighted by atomic mass is 35.5. The molecule has 1 aromatic carbocycles. The van der Waals surface area contributed by atoms with Crippen molar-refractivity contribution in [2.24, 2.45) is 10.6 Å². The van der Waals surface area contributed by atoms with Gasteiger partial charge in [0, 0.05) is 36.0 Å². The number of hydrogen-bond donors (Lipinski definition) is 9. The number of aromatic nitrogens is 2. The number of carbonyl (C=O) groups is 5. The molecule has 0 radical (unpaired) electrons. The molecule has 3 atom stereocenters. The lowest BCUT2D eigenvalue weighted by Gasteiger charge is -2.51. The zero-order valence-electron chi connectivity index (χ0n) is 32.1. The number of nitrogens with one attached hydrogen (secondary N) is 4. The number of pyridine rings is 1. The van der Waals surface area contributed by atoms with Crippen LogP contribution < -0.4 is 27.1 Å². The summed E-state index contributed by atoms with van der Waals surface area (Å²) in [6.07, 6.45) is 6.35. The number of amides is 3. The molecule has 0 bridgehead atoms. The summed E-state index contributed by atoms with van der Waals surface area (Å²) in [5.41, 5.74) is 2.70. The highest BCUT2D eigenvalue weighted by molar-refractivity contribution is 8.00. The topological polar surface area (TPSA) is 299 Å². The zero-order chi connectivity index (χ0) is 43.0.